The fourth-order valence-corrected chi connectivity index (χ4v) is 3.87. The Labute approximate surface area is 143 Å². The number of hydrogen-bond acceptors (Lipinski definition) is 3. The molecule has 3 atom stereocenters. The van der Waals surface area contributed by atoms with E-state index in [1.54, 1.807) is 0 Å². The number of amides is 2. The maximum Gasteiger partial charge on any atom is 0.227 e. The molecule has 2 N–H and O–H groups in total. The molecule has 5 nitrogen and oxygen atoms in total. The smallest absolute Gasteiger partial charge is 0.227 e. The Bertz CT molecular complexity index is 590. The van der Waals surface area contributed by atoms with Crippen LogP contribution < -0.4 is 5.73 Å². The van der Waals surface area contributed by atoms with Gasteiger partial charge in [-0.2, -0.15) is 0 Å². The van der Waals surface area contributed by atoms with Gasteiger partial charge in [-0.1, -0.05) is 37.3 Å². The summed E-state index contributed by atoms with van der Waals surface area (Å²) in [6.45, 7) is 4.16. The van der Waals surface area contributed by atoms with Gasteiger partial charge < -0.3 is 15.5 Å². The Hall–Kier alpha value is -1.88. The number of nitrogens with zero attached hydrogens (tertiary/aromatic N) is 2. The molecule has 0 aromatic heterocycles. The van der Waals surface area contributed by atoms with E-state index in [1.807, 2.05) is 47.1 Å². The maximum atomic E-state index is 12.9. The zero-order valence-electron chi connectivity index (χ0n) is 14.4. The van der Waals surface area contributed by atoms with Crippen LogP contribution in [-0.2, 0) is 9.59 Å². The van der Waals surface area contributed by atoms with E-state index in [9.17, 15) is 9.59 Å². The van der Waals surface area contributed by atoms with Gasteiger partial charge in [-0.3, -0.25) is 9.59 Å². The van der Waals surface area contributed by atoms with E-state index >= 15 is 0 Å². The lowest BCUT2D eigenvalue weighted by atomic mass is 9.93. The highest BCUT2D eigenvalue weighted by Crippen LogP contribution is 2.25. The molecule has 0 saturated carbocycles. The molecule has 2 amide bonds. The minimum Gasteiger partial charge on any atom is -0.340 e. The lowest BCUT2D eigenvalue weighted by molar-refractivity contribution is -0.140. The summed E-state index contributed by atoms with van der Waals surface area (Å²) in [5, 5.41) is 0. The van der Waals surface area contributed by atoms with E-state index in [-0.39, 0.29) is 29.8 Å². The third-order valence-electron chi connectivity index (χ3n) is 5.37. The highest BCUT2D eigenvalue weighted by atomic mass is 16.2. The Morgan fingerprint density at radius 3 is 2.62 bits per heavy atom. The molecular formula is C19H27N3O2. The molecule has 5 heteroatoms. The van der Waals surface area contributed by atoms with Crippen LogP contribution in [0.3, 0.4) is 0 Å². The molecule has 0 bridgehead atoms. The van der Waals surface area contributed by atoms with Gasteiger partial charge in [0.2, 0.25) is 11.8 Å². The summed E-state index contributed by atoms with van der Waals surface area (Å²) in [6.07, 6.45) is 3.54. The summed E-state index contributed by atoms with van der Waals surface area (Å²) >= 11 is 0. The van der Waals surface area contributed by atoms with Gasteiger partial charge in [0.1, 0.15) is 0 Å². The third kappa shape index (κ3) is 3.46. The topological polar surface area (TPSA) is 66.6 Å². The van der Waals surface area contributed by atoms with Gasteiger partial charge in [0.15, 0.2) is 0 Å². The van der Waals surface area contributed by atoms with E-state index < -0.39 is 0 Å². The molecule has 0 radical (unpaired) electrons. The largest absolute Gasteiger partial charge is 0.340 e. The first-order valence-corrected chi connectivity index (χ1v) is 8.96. The maximum absolute atomic E-state index is 12.9. The average molecular weight is 329 g/mol. The molecule has 2 saturated heterocycles. The molecule has 1 aromatic carbocycles. The van der Waals surface area contributed by atoms with Crippen LogP contribution in [0.2, 0.25) is 0 Å². The van der Waals surface area contributed by atoms with Crippen molar-refractivity contribution in [2.24, 2.45) is 11.7 Å². The Balaban J connectivity index is 1.64. The number of piperidine rings is 1. The van der Waals surface area contributed by atoms with Crippen LogP contribution >= 0.6 is 0 Å². The van der Waals surface area contributed by atoms with Gasteiger partial charge in [-0.15, -0.1) is 0 Å². The number of carbonyl (C=O) groups is 2. The summed E-state index contributed by atoms with van der Waals surface area (Å²) in [5.74, 6) is 0.0754. The predicted molar refractivity (Wildman–Crippen MR) is 93.1 cm³/mol. The summed E-state index contributed by atoms with van der Waals surface area (Å²) in [4.78, 5) is 28.8. The number of nitrogens with two attached hydrogens (primary N) is 1. The molecule has 3 rings (SSSR count). The molecule has 2 aliphatic heterocycles. The first-order valence-electron chi connectivity index (χ1n) is 8.96. The molecule has 130 valence electrons. The van der Waals surface area contributed by atoms with Crippen LogP contribution in [0.4, 0.5) is 0 Å². The molecule has 0 unspecified atom stereocenters. The fraction of sp³-hybridized carbons (Fsp3) is 0.579. The van der Waals surface area contributed by atoms with E-state index in [1.165, 1.54) is 0 Å². The number of rotatable bonds is 4. The van der Waals surface area contributed by atoms with Crippen molar-refractivity contribution in [3.05, 3.63) is 35.9 Å². The third-order valence-corrected chi connectivity index (χ3v) is 5.37. The normalized spacial score (nSPS) is 24.1. The van der Waals surface area contributed by atoms with Crippen LogP contribution in [0.25, 0.3) is 0 Å². The summed E-state index contributed by atoms with van der Waals surface area (Å²) in [7, 11) is 0. The Kier molecular flexibility index (Phi) is 5.19. The van der Waals surface area contributed by atoms with Crippen molar-refractivity contribution >= 4 is 11.8 Å². The summed E-state index contributed by atoms with van der Waals surface area (Å²) in [5.41, 5.74) is 7.30. The van der Waals surface area contributed by atoms with E-state index in [4.69, 9.17) is 5.73 Å². The SMILES string of the molecule is C[C@H](C(=O)N1CCC[C@@H](N2CCCC2=O)C1)[C@@H](N)c1ccccc1. The second kappa shape index (κ2) is 7.34. The van der Waals surface area contributed by atoms with Gasteiger partial charge in [0, 0.05) is 38.1 Å². The number of carbonyl (C=O) groups excluding carboxylic acids is 2. The standard InChI is InChI=1S/C19H27N3O2/c1-14(18(20)15-7-3-2-4-8-15)19(24)21-11-5-9-16(13-21)22-12-6-10-17(22)23/h2-4,7-8,14,16,18H,5-6,9-13,20H2,1H3/t14-,16+,18+/m0/s1. The van der Waals surface area contributed by atoms with Gasteiger partial charge in [0.25, 0.3) is 0 Å². The van der Waals surface area contributed by atoms with Crippen molar-refractivity contribution in [2.75, 3.05) is 19.6 Å². The van der Waals surface area contributed by atoms with E-state index in [0.29, 0.717) is 13.0 Å². The molecule has 2 aliphatic rings. The van der Waals surface area contributed by atoms with Crippen molar-refractivity contribution in [3.63, 3.8) is 0 Å². The van der Waals surface area contributed by atoms with Crippen LogP contribution in [-0.4, -0.2) is 47.3 Å². The molecular weight excluding hydrogens is 302 g/mol. The van der Waals surface area contributed by atoms with Gasteiger partial charge in [-0.05, 0) is 24.8 Å². The lowest BCUT2D eigenvalue weighted by Gasteiger charge is -2.39. The van der Waals surface area contributed by atoms with Crippen molar-refractivity contribution in [2.45, 2.75) is 44.7 Å². The minimum absolute atomic E-state index is 0.0997. The lowest BCUT2D eigenvalue weighted by Crippen LogP contribution is -2.52. The highest BCUT2D eigenvalue weighted by molar-refractivity contribution is 5.80. The monoisotopic (exact) mass is 329 g/mol. The van der Waals surface area contributed by atoms with E-state index in [2.05, 4.69) is 0 Å². The first kappa shape index (κ1) is 17.0. The molecule has 0 spiro atoms. The zero-order valence-corrected chi connectivity index (χ0v) is 14.4. The summed E-state index contributed by atoms with van der Waals surface area (Å²) in [6, 6.07) is 9.66. The van der Waals surface area contributed by atoms with Gasteiger partial charge in [0.05, 0.1) is 5.92 Å². The molecule has 0 aliphatic carbocycles. The molecule has 2 heterocycles. The first-order chi connectivity index (χ1) is 11.6. The minimum atomic E-state index is -0.299. The van der Waals surface area contributed by atoms with E-state index in [0.717, 1.165) is 37.9 Å². The van der Waals surface area contributed by atoms with Gasteiger partial charge in [-0.25, -0.2) is 0 Å². The summed E-state index contributed by atoms with van der Waals surface area (Å²) < 4.78 is 0. The Morgan fingerprint density at radius 1 is 1.21 bits per heavy atom. The van der Waals surface area contributed by atoms with Crippen LogP contribution in [0.15, 0.2) is 30.3 Å². The zero-order chi connectivity index (χ0) is 17.1. The fourth-order valence-electron chi connectivity index (χ4n) is 3.87. The van der Waals surface area contributed by atoms with Crippen molar-refractivity contribution in [3.8, 4) is 0 Å². The highest BCUT2D eigenvalue weighted by Gasteiger charge is 2.35. The van der Waals surface area contributed by atoms with Crippen molar-refractivity contribution in [1.82, 2.24) is 9.80 Å². The predicted octanol–water partition coefficient (Wildman–Crippen LogP) is 1.94. The van der Waals surface area contributed by atoms with Crippen LogP contribution in [0.5, 0.6) is 0 Å². The van der Waals surface area contributed by atoms with Crippen LogP contribution in [0.1, 0.15) is 44.2 Å². The van der Waals surface area contributed by atoms with Crippen molar-refractivity contribution in [1.29, 1.82) is 0 Å². The average Bonchev–Trinajstić information content (AvgIpc) is 3.06. The Morgan fingerprint density at radius 2 is 1.96 bits per heavy atom. The second-order valence-electron chi connectivity index (χ2n) is 7.00. The molecule has 24 heavy (non-hydrogen) atoms. The molecule has 2 fully saturated rings. The number of benzene rings is 1. The molecule has 1 aromatic rings. The number of likely N-dealkylation sites (tertiary alicyclic amines) is 2. The van der Waals surface area contributed by atoms with Crippen LogP contribution in [0, 0.1) is 5.92 Å². The van der Waals surface area contributed by atoms with Gasteiger partial charge >= 0.3 is 0 Å². The quantitative estimate of drug-likeness (QED) is 0.918. The second-order valence-corrected chi connectivity index (χ2v) is 7.00. The van der Waals surface area contributed by atoms with Crippen molar-refractivity contribution < 1.29 is 9.59 Å². The number of hydrogen-bond donors (Lipinski definition) is 1.